The number of aryl methyl sites for hydroxylation is 1. The van der Waals surface area contributed by atoms with Crippen molar-refractivity contribution in [1.82, 2.24) is 24.5 Å². The molecule has 112 valence electrons. The molecular formula is C14H20N6O. The highest BCUT2D eigenvalue weighted by Crippen LogP contribution is 2.23. The number of carbonyl (C=O) groups excluding carboxylic acids is 1. The van der Waals surface area contributed by atoms with Crippen LogP contribution in [0.4, 0.5) is 5.82 Å². The Morgan fingerprint density at radius 3 is 2.62 bits per heavy atom. The summed E-state index contributed by atoms with van der Waals surface area (Å²) in [6.07, 6.45) is 5.35. The fourth-order valence-electron chi connectivity index (χ4n) is 2.77. The predicted octanol–water partition coefficient (Wildman–Crippen LogP) is 0.985. The van der Waals surface area contributed by atoms with E-state index in [1.807, 2.05) is 29.7 Å². The number of likely N-dealkylation sites (tertiary alicyclic amines) is 1. The molecule has 7 nitrogen and oxygen atoms in total. The minimum atomic E-state index is 0.0685. The van der Waals surface area contributed by atoms with Crippen molar-refractivity contribution in [2.75, 3.05) is 18.8 Å². The minimum absolute atomic E-state index is 0.0685. The van der Waals surface area contributed by atoms with Crippen molar-refractivity contribution < 1.29 is 4.79 Å². The van der Waals surface area contributed by atoms with Gasteiger partial charge in [0.05, 0.1) is 17.8 Å². The number of anilines is 1. The van der Waals surface area contributed by atoms with E-state index in [0.717, 1.165) is 31.6 Å². The molecule has 7 heteroatoms. The Balaban J connectivity index is 1.65. The van der Waals surface area contributed by atoms with Crippen molar-refractivity contribution >= 4 is 11.7 Å². The number of hydrogen-bond donors (Lipinski definition) is 1. The molecule has 3 heterocycles. The molecule has 2 N–H and O–H groups in total. The summed E-state index contributed by atoms with van der Waals surface area (Å²) in [6, 6.07) is 2.12. The molecule has 0 aromatic carbocycles. The normalized spacial score (nSPS) is 16.4. The van der Waals surface area contributed by atoms with Gasteiger partial charge in [0.15, 0.2) is 0 Å². The van der Waals surface area contributed by atoms with Crippen molar-refractivity contribution in [2.24, 2.45) is 7.05 Å². The lowest BCUT2D eigenvalue weighted by Crippen LogP contribution is -2.39. The van der Waals surface area contributed by atoms with Crippen molar-refractivity contribution in [3.05, 3.63) is 29.7 Å². The maximum absolute atomic E-state index is 12.5. The summed E-state index contributed by atoms with van der Waals surface area (Å²) >= 11 is 0. The average Bonchev–Trinajstić information content (AvgIpc) is 3.06. The third-order valence-electron chi connectivity index (χ3n) is 4.22. The summed E-state index contributed by atoms with van der Waals surface area (Å²) in [5.74, 6) is 0.610. The van der Waals surface area contributed by atoms with E-state index in [9.17, 15) is 4.79 Å². The standard InChI is InChI=1S/C14H20N6O/c1-10-12(9-16-18(10)2)14(21)19-6-3-11(4-7-19)20-8-5-13(15)17-20/h5,8-9,11H,3-4,6-7H2,1-2H3,(H2,15,17). The predicted molar refractivity (Wildman–Crippen MR) is 78.8 cm³/mol. The van der Waals surface area contributed by atoms with Crippen LogP contribution in [0.5, 0.6) is 0 Å². The fraction of sp³-hybridized carbons (Fsp3) is 0.500. The minimum Gasteiger partial charge on any atom is -0.382 e. The number of hydrogen-bond acceptors (Lipinski definition) is 4. The molecule has 1 amide bonds. The Hall–Kier alpha value is -2.31. The lowest BCUT2D eigenvalue weighted by Gasteiger charge is -2.32. The van der Waals surface area contributed by atoms with Crippen LogP contribution in [0.15, 0.2) is 18.5 Å². The largest absolute Gasteiger partial charge is 0.382 e. The second kappa shape index (κ2) is 5.23. The molecule has 2 aromatic rings. The molecule has 1 aliphatic rings. The smallest absolute Gasteiger partial charge is 0.257 e. The maximum atomic E-state index is 12.5. The average molecular weight is 288 g/mol. The molecule has 1 fully saturated rings. The second-order valence-electron chi connectivity index (χ2n) is 5.51. The maximum Gasteiger partial charge on any atom is 0.257 e. The summed E-state index contributed by atoms with van der Waals surface area (Å²) in [6.45, 7) is 3.38. The monoisotopic (exact) mass is 288 g/mol. The van der Waals surface area contributed by atoms with Crippen LogP contribution in [0.2, 0.25) is 0 Å². The van der Waals surface area contributed by atoms with Crippen LogP contribution in [-0.4, -0.2) is 43.5 Å². The Bertz CT molecular complexity index is 650. The molecule has 0 aliphatic carbocycles. The van der Waals surface area contributed by atoms with Crippen LogP contribution < -0.4 is 5.73 Å². The van der Waals surface area contributed by atoms with Crippen LogP contribution >= 0.6 is 0 Å². The summed E-state index contributed by atoms with van der Waals surface area (Å²) in [5.41, 5.74) is 7.25. The Labute approximate surface area is 123 Å². The number of aromatic nitrogens is 4. The zero-order valence-corrected chi connectivity index (χ0v) is 12.4. The first-order chi connectivity index (χ1) is 10.1. The van der Waals surface area contributed by atoms with E-state index in [-0.39, 0.29) is 5.91 Å². The van der Waals surface area contributed by atoms with Gasteiger partial charge >= 0.3 is 0 Å². The molecule has 0 saturated carbocycles. The molecule has 1 saturated heterocycles. The molecule has 0 atom stereocenters. The van der Waals surface area contributed by atoms with Crippen LogP contribution in [0, 0.1) is 6.92 Å². The Kier molecular flexibility index (Phi) is 3.40. The van der Waals surface area contributed by atoms with E-state index in [4.69, 9.17) is 5.73 Å². The van der Waals surface area contributed by atoms with Gasteiger partial charge < -0.3 is 10.6 Å². The zero-order chi connectivity index (χ0) is 15.0. The third kappa shape index (κ3) is 2.51. The molecule has 3 rings (SSSR count). The Morgan fingerprint density at radius 1 is 1.38 bits per heavy atom. The lowest BCUT2D eigenvalue weighted by molar-refractivity contribution is 0.0689. The molecule has 0 spiro atoms. The van der Waals surface area contributed by atoms with Gasteiger partial charge in [-0.15, -0.1) is 0 Å². The molecule has 1 aliphatic heterocycles. The van der Waals surface area contributed by atoms with Gasteiger partial charge in [-0.2, -0.15) is 10.2 Å². The molecule has 0 unspecified atom stereocenters. The van der Waals surface area contributed by atoms with Gasteiger partial charge in [-0.1, -0.05) is 0 Å². The van der Waals surface area contributed by atoms with Gasteiger partial charge in [0.1, 0.15) is 5.82 Å². The van der Waals surface area contributed by atoms with Gasteiger partial charge in [-0.25, -0.2) is 0 Å². The highest BCUT2D eigenvalue weighted by molar-refractivity contribution is 5.95. The zero-order valence-electron chi connectivity index (χ0n) is 12.4. The quantitative estimate of drug-likeness (QED) is 0.893. The third-order valence-corrected chi connectivity index (χ3v) is 4.22. The number of amides is 1. The molecule has 21 heavy (non-hydrogen) atoms. The number of piperidine rings is 1. The van der Waals surface area contributed by atoms with Crippen LogP contribution in [-0.2, 0) is 7.05 Å². The van der Waals surface area contributed by atoms with E-state index >= 15 is 0 Å². The SMILES string of the molecule is Cc1c(C(=O)N2CCC(n3ccc(N)n3)CC2)cnn1C. The number of carbonyl (C=O) groups is 1. The number of rotatable bonds is 2. The van der Waals surface area contributed by atoms with Crippen molar-refractivity contribution in [3.8, 4) is 0 Å². The number of nitrogens with two attached hydrogens (primary N) is 1. The van der Waals surface area contributed by atoms with E-state index in [1.165, 1.54) is 0 Å². The highest BCUT2D eigenvalue weighted by atomic mass is 16.2. The molecule has 2 aromatic heterocycles. The first-order valence-corrected chi connectivity index (χ1v) is 7.15. The van der Waals surface area contributed by atoms with Gasteiger partial charge in [-0.3, -0.25) is 14.2 Å². The summed E-state index contributed by atoms with van der Waals surface area (Å²) in [7, 11) is 1.85. The van der Waals surface area contributed by atoms with Crippen molar-refractivity contribution in [2.45, 2.75) is 25.8 Å². The second-order valence-corrected chi connectivity index (χ2v) is 5.51. The fourth-order valence-corrected chi connectivity index (χ4v) is 2.77. The van der Waals surface area contributed by atoms with Gasteiger partial charge in [0.2, 0.25) is 0 Å². The molecular weight excluding hydrogens is 268 g/mol. The first kappa shape index (κ1) is 13.7. The summed E-state index contributed by atoms with van der Waals surface area (Å²) in [5, 5.41) is 8.40. The van der Waals surface area contributed by atoms with Crippen LogP contribution in [0.25, 0.3) is 0 Å². The van der Waals surface area contributed by atoms with E-state index in [1.54, 1.807) is 16.9 Å². The van der Waals surface area contributed by atoms with Gasteiger partial charge in [0, 0.05) is 32.0 Å². The highest BCUT2D eigenvalue weighted by Gasteiger charge is 2.26. The number of nitrogens with zero attached hydrogens (tertiary/aromatic N) is 5. The molecule has 0 bridgehead atoms. The van der Waals surface area contributed by atoms with Crippen molar-refractivity contribution in [1.29, 1.82) is 0 Å². The van der Waals surface area contributed by atoms with Gasteiger partial charge in [-0.05, 0) is 25.8 Å². The Morgan fingerprint density at radius 2 is 2.10 bits per heavy atom. The summed E-state index contributed by atoms with van der Waals surface area (Å²) in [4.78, 5) is 14.4. The topological polar surface area (TPSA) is 82.0 Å². The summed E-state index contributed by atoms with van der Waals surface area (Å²) < 4.78 is 3.64. The van der Waals surface area contributed by atoms with Crippen molar-refractivity contribution in [3.63, 3.8) is 0 Å². The van der Waals surface area contributed by atoms with E-state index in [0.29, 0.717) is 17.4 Å². The van der Waals surface area contributed by atoms with E-state index in [2.05, 4.69) is 10.2 Å². The number of nitrogen functional groups attached to an aromatic ring is 1. The lowest BCUT2D eigenvalue weighted by atomic mass is 10.0. The molecule has 0 radical (unpaired) electrons. The first-order valence-electron chi connectivity index (χ1n) is 7.15. The van der Waals surface area contributed by atoms with E-state index < -0.39 is 0 Å². The van der Waals surface area contributed by atoms with Crippen LogP contribution in [0.3, 0.4) is 0 Å². The van der Waals surface area contributed by atoms with Crippen LogP contribution in [0.1, 0.15) is 34.9 Å². The van der Waals surface area contributed by atoms with Gasteiger partial charge in [0.25, 0.3) is 5.91 Å².